The van der Waals surface area contributed by atoms with Crippen molar-refractivity contribution in [1.29, 1.82) is 0 Å². The number of hydrogen-bond donors (Lipinski definition) is 1. The molecular formula is C14H17BrO3S. The third kappa shape index (κ3) is 3.66. The Hall–Kier alpha value is -0.680. The highest BCUT2D eigenvalue weighted by Gasteiger charge is 2.24. The molecule has 0 radical (unpaired) electrons. The van der Waals surface area contributed by atoms with Crippen LogP contribution < -0.4 is 0 Å². The first-order chi connectivity index (χ1) is 9.09. The van der Waals surface area contributed by atoms with E-state index in [9.17, 15) is 14.1 Å². The normalized spacial score (nSPS) is 18.8. The predicted octanol–water partition coefficient (Wildman–Crippen LogP) is 3.98. The highest BCUT2D eigenvalue weighted by Crippen LogP contribution is 2.28. The van der Waals surface area contributed by atoms with Crippen molar-refractivity contribution in [2.75, 3.05) is 0 Å². The van der Waals surface area contributed by atoms with Gasteiger partial charge >= 0.3 is 5.97 Å². The fraction of sp³-hybridized carbons (Fsp3) is 0.500. The van der Waals surface area contributed by atoms with Gasteiger partial charge in [0.15, 0.2) is 0 Å². The van der Waals surface area contributed by atoms with E-state index in [0.29, 0.717) is 4.90 Å². The molecule has 1 aliphatic carbocycles. The molecule has 1 N–H and O–H groups in total. The number of carboxylic acids is 1. The van der Waals surface area contributed by atoms with Crippen LogP contribution in [-0.4, -0.2) is 20.5 Å². The Morgan fingerprint density at radius 2 is 1.84 bits per heavy atom. The Bertz CT molecular complexity index is 493. The van der Waals surface area contributed by atoms with Crippen LogP contribution in [0.1, 0.15) is 48.9 Å². The first-order valence-electron chi connectivity index (χ1n) is 6.53. The average molecular weight is 345 g/mol. The number of carboxylic acid groups (broad SMARTS) is 1. The van der Waals surface area contributed by atoms with E-state index in [-0.39, 0.29) is 10.8 Å². The summed E-state index contributed by atoms with van der Waals surface area (Å²) in [5.41, 5.74) is 0.158. The lowest BCUT2D eigenvalue weighted by atomic mass is 10.2. The van der Waals surface area contributed by atoms with E-state index in [1.807, 2.05) is 0 Å². The predicted molar refractivity (Wildman–Crippen MR) is 79.0 cm³/mol. The van der Waals surface area contributed by atoms with Crippen LogP contribution in [0, 0.1) is 0 Å². The standard InChI is InChI=1S/C14H17BrO3S/c15-10-7-8-12(14(16)17)13(9-10)19(18)11-5-3-1-2-4-6-11/h7-9,11H,1-6H2,(H,16,17). The summed E-state index contributed by atoms with van der Waals surface area (Å²) in [7, 11) is -1.23. The second-order valence-electron chi connectivity index (χ2n) is 4.86. The molecule has 19 heavy (non-hydrogen) atoms. The van der Waals surface area contributed by atoms with E-state index in [2.05, 4.69) is 15.9 Å². The second kappa shape index (κ2) is 6.66. The minimum absolute atomic E-state index is 0.0925. The summed E-state index contributed by atoms with van der Waals surface area (Å²) >= 11 is 3.33. The van der Waals surface area contributed by atoms with E-state index in [4.69, 9.17) is 0 Å². The van der Waals surface area contributed by atoms with Crippen LogP contribution in [0.3, 0.4) is 0 Å². The van der Waals surface area contributed by atoms with Crippen molar-refractivity contribution in [3.05, 3.63) is 28.2 Å². The molecule has 104 valence electrons. The zero-order valence-corrected chi connectivity index (χ0v) is 13.0. The Labute approximate surface area is 124 Å². The average Bonchev–Trinajstić information content (AvgIpc) is 2.66. The van der Waals surface area contributed by atoms with Crippen molar-refractivity contribution >= 4 is 32.7 Å². The lowest BCUT2D eigenvalue weighted by molar-refractivity contribution is 0.0693. The number of benzene rings is 1. The van der Waals surface area contributed by atoms with E-state index >= 15 is 0 Å². The highest BCUT2D eigenvalue weighted by atomic mass is 79.9. The monoisotopic (exact) mass is 344 g/mol. The smallest absolute Gasteiger partial charge is 0.336 e. The van der Waals surface area contributed by atoms with Gasteiger partial charge in [-0.15, -0.1) is 0 Å². The SMILES string of the molecule is O=C(O)c1ccc(Br)cc1S(=O)C1CCCCCC1. The molecule has 0 saturated heterocycles. The first-order valence-corrected chi connectivity index (χ1v) is 8.53. The maximum absolute atomic E-state index is 12.7. The molecule has 1 atom stereocenters. The third-order valence-corrected chi connectivity index (χ3v) is 5.84. The van der Waals surface area contributed by atoms with Crippen LogP contribution in [0.15, 0.2) is 27.6 Å². The number of carbonyl (C=O) groups is 1. The van der Waals surface area contributed by atoms with Crippen molar-refractivity contribution in [3.63, 3.8) is 0 Å². The van der Waals surface area contributed by atoms with Gasteiger partial charge in [-0.1, -0.05) is 41.6 Å². The van der Waals surface area contributed by atoms with E-state index in [1.165, 1.54) is 18.9 Å². The molecule has 5 heteroatoms. The fourth-order valence-corrected chi connectivity index (χ4v) is 4.72. The number of rotatable bonds is 3. The highest BCUT2D eigenvalue weighted by molar-refractivity contribution is 9.10. The lowest BCUT2D eigenvalue weighted by Crippen LogP contribution is -2.17. The molecule has 0 spiro atoms. The van der Waals surface area contributed by atoms with E-state index < -0.39 is 16.8 Å². The minimum atomic E-state index is -1.23. The topological polar surface area (TPSA) is 54.4 Å². The molecule has 0 amide bonds. The van der Waals surface area contributed by atoms with Crippen LogP contribution in [0.4, 0.5) is 0 Å². The summed E-state index contributed by atoms with van der Waals surface area (Å²) in [5, 5.41) is 9.30. The molecule has 0 bridgehead atoms. The minimum Gasteiger partial charge on any atom is -0.478 e. The molecule has 0 heterocycles. The summed E-state index contributed by atoms with van der Waals surface area (Å²) in [4.78, 5) is 11.7. The summed E-state index contributed by atoms with van der Waals surface area (Å²) in [6, 6.07) is 4.89. The van der Waals surface area contributed by atoms with Crippen molar-refractivity contribution in [3.8, 4) is 0 Å². The zero-order chi connectivity index (χ0) is 13.8. The molecule has 1 aromatic carbocycles. The molecule has 1 unspecified atom stereocenters. The van der Waals surface area contributed by atoms with Gasteiger partial charge in [0, 0.05) is 9.72 Å². The maximum atomic E-state index is 12.7. The Balaban J connectivity index is 2.31. The molecule has 1 aliphatic rings. The molecular weight excluding hydrogens is 328 g/mol. The summed E-state index contributed by atoms with van der Waals surface area (Å²) in [5.74, 6) is -1.01. The third-order valence-electron chi connectivity index (χ3n) is 3.50. The second-order valence-corrected chi connectivity index (χ2v) is 7.47. The molecule has 1 aromatic rings. The zero-order valence-electron chi connectivity index (χ0n) is 10.6. The Kier molecular flexibility index (Phi) is 5.16. The van der Waals surface area contributed by atoms with Gasteiger partial charge in [-0.2, -0.15) is 0 Å². The lowest BCUT2D eigenvalue weighted by Gasteiger charge is -2.15. The van der Waals surface area contributed by atoms with Gasteiger partial charge in [-0.3, -0.25) is 4.21 Å². The van der Waals surface area contributed by atoms with Gasteiger partial charge in [0.1, 0.15) is 0 Å². The number of aromatic carboxylic acids is 1. The number of halogens is 1. The van der Waals surface area contributed by atoms with Crippen LogP contribution >= 0.6 is 15.9 Å². The van der Waals surface area contributed by atoms with Gasteiger partial charge in [0.25, 0.3) is 0 Å². The summed E-state index contributed by atoms with van der Waals surface area (Å²) in [6.45, 7) is 0. The molecule has 0 aliphatic heterocycles. The quantitative estimate of drug-likeness (QED) is 0.843. The molecule has 0 aromatic heterocycles. The van der Waals surface area contributed by atoms with Gasteiger partial charge in [-0.25, -0.2) is 4.79 Å². The Morgan fingerprint density at radius 1 is 1.21 bits per heavy atom. The number of hydrogen-bond acceptors (Lipinski definition) is 2. The van der Waals surface area contributed by atoms with Crippen LogP contribution in [-0.2, 0) is 10.8 Å². The van der Waals surface area contributed by atoms with E-state index in [0.717, 1.165) is 30.2 Å². The van der Waals surface area contributed by atoms with Gasteiger partial charge in [-0.05, 0) is 31.0 Å². The summed E-state index contributed by atoms with van der Waals surface area (Å²) < 4.78 is 13.4. The van der Waals surface area contributed by atoms with Gasteiger partial charge < -0.3 is 5.11 Å². The Morgan fingerprint density at radius 3 is 2.42 bits per heavy atom. The van der Waals surface area contributed by atoms with Crippen molar-refractivity contribution in [1.82, 2.24) is 0 Å². The van der Waals surface area contributed by atoms with E-state index in [1.54, 1.807) is 12.1 Å². The van der Waals surface area contributed by atoms with Crippen LogP contribution in [0.25, 0.3) is 0 Å². The van der Waals surface area contributed by atoms with Crippen molar-refractivity contribution < 1.29 is 14.1 Å². The summed E-state index contributed by atoms with van der Waals surface area (Å²) in [6.07, 6.45) is 6.42. The molecule has 1 saturated carbocycles. The molecule has 1 fully saturated rings. The van der Waals surface area contributed by atoms with Crippen molar-refractivity contribution in [2.45, 2.75) is 48.7 Å². The molecule has 2 rings (SSSR count). The van der Waals surface area contributed by atoms with Gasteiger partial charge in [0.2, 0.25) is 0 Å². The fourth-order valence-electron chi connectivity index (χ4n) is 2.47. The van der Waals surface area contributed by atoms with Crippen LogP contribution in [0.5, 0.6) is 0 Å². The molecule has 3 nitrogen and oxygen atoms in total. The largest absolute Gasteiger partial charge is 0.478 e. The van der Waals surface area contributed by atoms with Crippen molar-refractivity contribution in [2.24, 2.45) is 0 Å². The van der Waals surface area contributed by atoms with Crippen LogP contribution in [0.2, 0.25) is 0 Å². The maximum Gasteiger partial charge on any atom is 0.336 e. The van der Waals surface area contributed by atoms with Gasteiger partial charge in [0.05, 0.1) is 21.3 Å². The first kappa shape index (κ1) is 14.7.